The van der Waals surface area contributed by atoms with E-state index >= 15 is 0 Å². The van der Waals surface area contributed by atoms with Crippen molar-refractivity contribution in [2.45, 2.75) is 45.6 Å². The first-order valence-electron chi connectivity index (χ1n) is 10.8. The fourth-order valence-corrected chi connectivity index (χ4v) is 4.22. The number of carbonyl (C=O) groups is 1. The summed E-state index contributed by atoms with van der Waals surface area (Å²) in [6.45, 7) is 4.34. The molecule has 0 spiro atoms. The van der Waals surface area contributed by atoms with Gasteiger partial charge in [0, 0.05) is 29.9 Å². The minimum Gasteiger partial charge on any atom is -0.345 e. The van der Waals surface area contributed by atoms with Crippen molar-refractivity contribution in [3.05, 3.63) is 75.7 Å². The van der Waals surface area contributed by atoms with E-state index in [0.29, 0.717) is 34.1 Å². The van der Waals surface area contributed by atoms with Gasteiger partial charge in [-0.25, -0.2) is 9.07 Å². The van der Waals surface area contributed by atoms with E-state index < -0.39 is 6.04 Å². The predicted octanol–water partition coefficient (Wildman–Crippen LogP) is 4.07. The van der Waals surface area contributed by atoms with Crippen molar-refractivity contribution in [1.29, 1.82) is 0 Å². The Morgan fingerprint density at radius 3 is 2.71 bits per heavy atom. The monoisotopic (exact) mass is 422 g/mol. The number of amides is 1. The molecular formula is C24H27FN4O2. The van der Waals surface area contributed by atoms with E-state index in [1.54, 1.807) is 43.6 Å². The summed E-state index contributed by atoms with van der Waals surface area (Å²) in [4.78, 5) is 30.7. The molecule has 1 aliphatic carbocycles. The average Bonchev–Trinajstić information content (AvgIpc) is 2.72. The first-order chi connectivity index (χ1) is 15.0. The van der Waals surface area contributed by atoms with E-state index in [0.717, 1.165) is 25.7 Å². The lowest BCUT2D eigenvalue weighted by molar-refractivity contribution is 0.0899. The highest BCUT2D eigenvalue weighted by atomic mass is 19.1. The SMILES string of the molecule is CCCNn1c(C)c(C(=O)NC(c2ccccc2F)C2CCC2)c2cnccc2c1=O. The Labute approximate surface area is 180 Å². The Morgan fingerprint density at radius 1 is 1.26 bits per heavy atom. The van der Waals surface area contributed by atoms with Crippen LogP contribution >= 0.6 is 0 Å². The molecule has 1 fully saturated rings. The van der Waals surface area contributed by atoms with Gasteiger partial charge in [-0.2, -0.15) is 0 Å². The molecule has 1 aliphatic rings. The molecule has 1 unspecified atom stereocenters. The van der Waals surface area contributed by atoms with E-state index in [1.807, 2.05) is 6.92 Å². The Hall–Kier alpha value is -3.22. The van der Waals surface area contributed by atoms with Gasteiger partial charge in [-0.05, 0) is 44.2 Å². The zero-order chi connectivity index (χ0) is 22.0. The normalized spacial score (nSPS) is 14.8. The number of benzene rings is 1. The second kappa shape index (κ2) is 8.88. The number of fused-ring (bicyclic) bond motifs is 1. The minimum absolute atomic E-state index is 0.190. The van der Waals surface area contributed by atoms with Crippen LogP contribution in [0.1, 0.15) is 60.3 Å². The Kier molecular flexibility index (Phi) is 6.02. The molecule has 0 bridgehead atoms. The molecule has 0 aliphatic heterocycles. The lowest BCUT2D eigenvalue weighted by Crippen LogP contribution is -2.39. The van der Waals surface area contributed by atoms with E-state index in [1.165, 1.54) is 10.7 Å². The van der Waals surface area contributed by atoms with Crippen LogP contribution in [0.15, 0.2) is 47.5 Å². The van der Waals surface area contributed by atoms with E-state index in [2.05, 4.69) is 15.7 Å². The molecule has 1 amide bonds. The molecule has 31 heavy (non-hydrogen) atoms. The first-order valence-corrected chi connectivity index (χ1v) is 10.8. The number of hydrogen-bond acceptors (Lipinski definition) is 4. The first kappa shape index (κ1) is 21.0. The van der Waals surface area contributed by atoms with Crippen molar-refractivity contribution in [2.24, 2.45) is 5.92 Å². The standard InChI is InChI=1S/C24H27FN4O2/c1-3-12-27-29-15(2)21(19-14-26-13-11-17(19)24(29)31)23(30)28-22(16-7-6-8-16)18-9-4-5-10-20(18)25/h4-5,9-11,13-14,16,22,27H,3,6-8,12H2,1-2H3,(H,28,30). The highest BCUT2D eigenvalue weighted by Gasteiger charge is 2.32. The number of nitrogens with one attached hydrogen (secondary N) is 2. The maximum Gasteiger partial charge on any atom is 0.277 e. The number of rotatable bonds is 7. The summed E-state index contributed by atoms with van der Waals surface area (Å²) in [7, 11) is 0. The van der Waals surface area contributed by atoms with Gasteiger partial charge in [-0.3, -0.25) is 14.6 Å². The van der Waals surface area contributed by atoms with Crippen molar-refractivity contribution in [3.63, 3.8) is 0 Å². The zero-order valence-corrected chi connectivity index (χ0v) is 17.8. The second-order valence-electron chi connectivity index (χ2n) is 8.09. The van der Waals surface area contributed by atoms with Gasteiger partial charge >= 0.3 is 0 Å². The van der Waals surface area contributed by atoms with Gasteiger partial charge in [0.2, 0.25) is 0 Å². The number of hydrogen-bond donors (Lipinski definition) is 2. The summed E-state index contributed by atoms with van der Waals surface area (Å²) >= 11 is 0. The summed E-state index contributed by atoms with van der Waals surface area (Å²) in [6, 6.07) is 7.80. The van der Waals surface area contributed by atoms with Crippen molar-refractivity contribution in [3.8, 4) is 0 Å². The maximum atomic E-state index is 14.6. The number of aromatic nitrogens is 2. The van der Waals surface area contributed by atoms with Crippen molar-refractivity contribution < 1.29 is 9.18 Å². The van der Waals surface area contributed by atoms with Crippen LogP contribution in [0.5, 0.6) is 0 Å². The second-order valence-corrected chi connectivity index (χ2v) is 8.09. The lowest BCUT2D eigenvalue weighted by atomic mass is 9.77. The Balaban J connectivity index is 1.79. The molecule has 2 aromatic heterocycles. The molecule has 2 heterocycles. The quantitative estimate of drug-likeness (QED) is 0.602. The molecule has 0 radical (unpaired) electrons. The summed E-state index contributed by atoms with van der Waals surface area (Å²) < 4.78 is 16.0. The summed E-state index contributed by atoms with van der Waals surface area (Å²) in [5.74, 6) is -0.463. The molecule has 3 aromatic rings. The largest absolute Gasteiger partial charge is 0.345 e. The fraction of sp³-hybridized carbons (Fsp3) is 0.375. The van der Waals surface area contributed by atoms with Crippen molar-refractivity contribution >= 4 is 16.7 Å². The third-order valence-corrected chi connectivity index (χ3v) is 6.12. The number of nitrogens with zero attached hydrogens (tertiary/aromatic N) is 2. The van der Waals surface area contributed by atoms with Crippen LogP contribution in [0.3, 0.4) is 0 Å². The topological polar surface area (TPSA) is 76.0 Å². The number of carbonyl (C=O) groups excluding carboxylic acids is 1. The average molecular weight is 423 g/mol. The maximum absolute atomic E-state index is 14.6. The van der Waals surface area contributed by atoms with Gasteiger partial charge < -0.3 is 10.7 Å². The van der Waals surface area contributed by atoms with Crippen LogP contribution in [-0.4, -0.2) is 22.1 Å². The van der Waals surface area contributed by atoms with Gasteiger partial charge in [-0.15, -0.1) is 0 Å². The van der Waals surface area contributed by atoms with Crippen molar-refractivity contribution in [1.82, 2.24) is 15.0 Å². The van der Waals surface area contributed by atoms with E-state index in [9.17, 15) is 14.0 Å². The number of halogens is 1. The van der Waals surface area contributed by atoms with Gasteiger partial charge in [0.1, 0.15) is 5.82 Å². The fourth-order valence-electron chi connectivity index (χ4n) is 4.22. The van der Waals surface area contributed by atoms with Crippen LogP contribution in [0, 0.1) is 18.7 Å². The summed E-state index contributed by atoms with van der Waals surface area (Å²) in [5, 5.41) is 3.99. The van der Waals surface area contributed by atoms with Crippen LogP contribution in [0.2, 0.25) is 0 Å². The van der Waals surface area contributed by atoms with Gasteiger partial charge in [-0.1, -0.05) is 31.5 Å². The van der Waals surface area contributed by atoms with Crippen LogP contribution in [0.25, 0.3) is 10.8 Å². The Morgan fingerprint density at radius 2 is 2.03 bits per heavy atom. The van der Waals surface area contributed by atoms with Gasteiger partial charge in [0.15, 0.2) is 0 Å². The van der Waals surface area contributed by atoms with Crippen LogP contribution in [-0.2, 0) is 0 Å². The molecule has 1 saturated carbocycles. The molecule has 7 heteroatoms. The van der Waals surface area contributed by atoms with E-state index in [4.69, 9.17) is 0 Å². The molecule has 4 rings (SSSR count). The highest BCUT2D eigenvalue weighted by Crippen LogP contribution is 2.38. The summed E-state index contributed by atoms with van der Waals surface area (Å²) in [5.41, 5.74) is 4.27. The highest BCUT2D eigenvalue weighted by molar-refractivity contribution is 6.07. The zero-order valence-electron chi connectivity index (χ0n) is 17.8. The van der Waals surface area contributed by atoms with Crippen molar-refractivity contribution in [2.75, 3.05) is 12.0 Å². The molecule has 162 valence electrons. The van der Waals surface area contributed by atoms with E-state index in [-0.39, 0.29) is 23.2 Å². The van der Waals surface area contributed by atoms with Crippen LogP contribution in [0.4, 0.5) is 4.39 Å². The molecule has 1 atom stereocenters. The molecule has 2 N–H and O–H groups in total. The third kappa shape index (κ3) is 3.92. The van der Waals surface area contributed by atoms with Gasteiger partial charge in [0.05, 0.1) is 22.7 Å². The smallest absolute Gasteiger partial charge is 0.277 e. The third-order valence-electron chi connectivity index (χ3n) is 6.12. The lowest BCUT2D eigenvalue weighted by Gasteiger charge is -2.35. The van der Waals surface area contributed by atoms with Gasteiger partial charge in [0.25, 0.3) is 11.5 Å². The Bertz CT molecular complexity index is 1170. The van der Waals surface area contributed by atoms with Crippen LogP contribution < -0.4 is 16.3 Å². The summed E-state index contributed by atoms with van der Waals surface area (Å²) in [6.07, 6.45) is 6.88. The number of pyridine rings is 2. The minimum atomic E-state index is -0.419. The predicted molar refractivity (Wildman–Crippen MR) is 119 cm³/mol. The molecule has 1 aromatic carbocycles. The molecule has 0 saturated heterocycles. The molecular weight excluding hydrogens is 395 g/mol. The molecule has 6 nitrogen and oxygen atoms in total.